The second kappa shape index (κ2) is 7.11. The smallest absolute Gasteiger partial charge is 0.416 e. The van der Waals surface area contributed by atoms with Gasteiger partial charge in [0.05, 0.1) is 18.4 Å². The Morgan fingerprint density at radius 1 is 1.32 bits per heavy atom. The van der Waals surface area contributed by atoms with Crippen LogP contribution in [0.2, 0.25) is 0 Å². The normalized spacial score (nSPS) is 22.0. The number of carbonyl (C=O) groups excluding carboxylic acids is 2. The minimum absolute atomic E-state index is 0.0562. The number of rotatable bonds is 6. The average molecular weight is 311 g/mol. The summed E-state index contributed by atoms with van der Waals surface area (Å²) >= 11 is 0. The first-order valence-corrected chi connectivity index (χ1v) is 8.12. The van der Waals surface area contributed by atoms with E-state index in [-0.39, 0.29) is 30.9 Å². The van der Waals surface area contributed by atoms with Crippen molar-refractivity contribution >= 4 is 18.0 Å². The fourth-order valence-corrected chi connectivity index (χ4v) is 3.70. The van der Waals surface area contributed by atoms with Crippen LogP contribution < -0.4 is 0 Å². The Morgan fingerprint density at radius 2 is 1.95 bits per heavy atom. The molecule has 0 spiro atoms. The lowest BCUT2D eigenvalue weighted by Crippen LogP contribution is -2.45. The number of carboxylic acids is 1. The Morgan fingerprint density at radius 3 is 2.41 bits per heavy atom. The summed E-state index contributed by atoms with van der Waals surface area (Å²) in [6, 6.07) is 0. The van der Waals surface area contributed by atoms with Crippen LogP contribution in [0.3, 0.4) is 0 Å². The number of hydrogen-bond acceptors (Lipinski definition) is 4. The third-order valence-corrected chi connectivity index (χ3v) is 4.70. The van der Waals surface area contributed by atoms with Crippen LogP contribution in [0.1, 0.15) is 46.0 Å². The van der Waals surface area contributed by atoms with E-state index in [9.17, 15) is 19.5 Å². The SMILES string of the molecule is CC(C)C[C@@H](C(=O)O)[C@@H](C(=O)N1CCOC1=O)C1CCCC1. The average Bonchev–Trinajstić information content (AvgIpc) is 3.08. The lowest BCUT2D eigenvalue weighted by atomic mass is 9.76. The van der Waals surface area contributed by atoms with Crippen LogP contribution in [-0.2, 0) is 14.3 Å². The van der Waals surface area contributed by atoms with Crippen LogP contribution in [0.4, 0.5) is 4.79 Å². The highest BCUT2D eigenvalue weighted by atomic mass is 16.6. The summed E-state index contributed by atoms with van der Waals surface area (Å²) in [7, 11) is 0. The maximum atomic E-state index is 12.8. The summed E-state index contributed by atoms with van der Waals surface area (Å²) in [5.74, 6) is -2.41. The number of hydrogen-bond donors (Lipinski definition) is 1. The van der Waals surface area contributed by atoms with Gasteiger partial charge in [-0.3, -0.25) is 9.59 Å². The summed E-state index contributed by atoms with van der Waals surface area (Å²) < 4.78 is 4.84. The largest absolute Gasteiger partial charge is 0.481 e. The quantitative estimate of drug-likeness (QED) is 0.815. The van der Waals surface area contributed by atoms with E-state index in [0.29, 0.717) is 6.42 Å². The van der Waals surface area contributed by atoms with Gasteiger partial charge in [0.2, 0.25) is 5.91 Å². The van der Waals surface area contributed by atoms with Crippen LogP contribution in [0.5, 0.6) is 0 Å². The molecule has 0 aromatic carbocycles. The molecule has 2 aliphatic rings. The predicted octanol–water partition coefficient (Wildman–Crippen LogP) is 2.52. The third-order valence-electron chi connectivity index (χ3n) is 4.70. The van der Waals surface area contributed by atoms with Crippen LogP contribution >= 0.6 is 0 Å². The molecular weight excluding hydrogens is 286 g/mol. The van der Waals surface area contributed by atoms with E-state index in [1.54, 1.807) is 0 Å². The second-order valence-electron chi connectivity index (χ2n) is 6.75. The summed E-state index contributed by atoms with van der Waals surface area (Å²) in [6.45, 7) is 4.34. The molecule has 1 N–H and O–H groups in total. The van der Waals surface area contributed by atoms with Gasteiger partial charge >= 0.3 is 12.1 Å². The van der Waals surface area contributed by atoms with Crippen molar-refractivity contribution in [3.05, 3.63) is 0 Å². The van der Waals surface area contributed by atoms with Gasteiger partial charge in [0.15, 0.2) is 0 Å². The van der Waals surface area contributed by atoms with Gasteiger partial charge in [-0.2, -0.15) is 0 Å². The van der Waals surface area contributed by atoms with Crippen LogP contribution in [0.15, 0.2) is 0 Å². The summed E-state index contributed by atoms with van der Waals surface area (Å²) in [6.07, 6.45) is 3.58. The first-order chi connectivity index (χ1) is 10.4. The maximum Gasteiger partial charge on any atom is 0.416 e. The molecule has 2 rings (SSSR count). The van der Waals surface area contributed by atoms with Gasteiger partial charge in [-0.1, -0.05) is 26.7 Å². The summed E-state index contributed by atoms with van der Waals surface area (Å²) in [4.78, 5) is 37.4. The minimum Gasteiger partial charge on any atom is -0.481 e. The number of aliphatic carboxylic acids is 1. The molecule has 1 saturated heterocycles. The first-order valence-electron chi connectivity index (χ1n) is 8.12. The molecular formula is C16H25NO5. The Hall–Kier alpha value is -1.59. The van der Waals surface area contributed by atoms with Crippen molar-refractivity contribution in [2.24, 2.45) is 23.7 Å². The van der Waals surface area contributed by atoms with Crippen molar-refractivity contribution in [1.82, 2.24) is 4.90 Å². The topological polar surface area (TPSA) is 83.9 Å². The minimum atomic E-state index is -0.938. The number of imide groups is 1. The molecule has 22 heavy (non-hydrogen) atoms. The molecule has 124 valence electrons. The molecule has 0 aromatic heterocycles. The van der Waals surface area contributed by atoms with Crippen molar-refractivity contribution in [1.29, 1.82) is 0 Å². The summed E-state index contributed by atoms with van der Waals surface area (Å²) in [5, 5.41) is 9.62. The Labute approximate surface area is 130 Å². The van der Waals surface area contributed by atoms with E-state index in [0.717, 1.165) is 30.6 Å². The number of ether oxygens (including phenoxy) is 1. The zero-order chi connectivity index (χ0) is 16.3. The summed E-state index contributed by atoms with van der Waals surface area (Å²) in [5.41, 5.74) is 0. The zero-order valence-corrected chi connectivity index (χ0v) is 13.3. The number of carboxylic acid groups (broad SMARTS) is 1. The van der Waals surface area contributed by atoms with Crippen molar-refractivity contribution in [3.63, 3.8) is 0 Å². The highest BCUT2D eigenvalue weighted by molar-refractivity contribution is 5.96. The fraction of sp³-hybridized carbons (Fsp3) is 0.812. The third kappa shape index (κ3) is 3.59. The van der Waals surface area contributed by atoms with Crippen LogP contribution in [-0.4, -0.2) is 41.1 Å². The molecule has 0 radical (unpaired) electrons. The van der Waals surface area contributed by atoms with Gasteiger partial charge in [-0.15, -0.1) is 0 Å². The molecule has 6 nitrogen and oxygen atoms in total. The number of cyclic esters (lactones) is 1. The van der Waals surface area contributed by atoms with Gasteiger partial charge in [-0.25, -0.2) is 9.69 Å². The van der Waals surface area contributed by atoms with Crippen molar-refractivity contribution < 1.29 is 24.2 Å². The Bertz CT molecular complexity index is 442. The molecule has 1 aliphatic heterocycles. The van der Waals surface area contributed by atoms with E-state index in [1.807, 2.05) is 13.8 Å². The lowest BCUT2D eigenvalue weighted by Gasteiger charge is -2.31. The molecule has 2 amide bonds. The van der Waals surface area contributed by atoms with E-state index >= 15 is 0 Å². The van der Waals surface area contributed by atoms with Crippen molar-refractivity contribution in [2.45, 2.75) is 46.0 Å². The molecule has 6 heteroatoms. The van der Waals surface area contributed by atoms with Crippen molar-refractivity contribution in [3.8, 4) is 0 Å². The number of nitrogens with zero attached hydrogens (tertiary/aromatic N) is 1. The number of carbonyl (C=O) groups is 3. The molecule has 1 heterocycles. The van der Waals surface area contributed by atoms with Gasteiger partial charge < -0.3 is 9.84 Å². The first kappa shape index (κ1) is 16.8. The van der Waals surface area contributed by atoms with E-state index < -0.39 is 23.9 Å². The standard InChI is InChI=1S/C16H25NO5/c1-10(2)9-12(15(19)20)13(11-5-3-4-6-11)14(18)17-7-8-22-16(17)21/h10-13H,3-9H2,1-2H3,(H,19,20)/t12-,13+/m1/s1. The molecule has 2 fully saturated rings. The van der Waals surface area contributed by atoms with Gasteiger partial charge in [0, 0.05) is 0 Å². The molecule has 1 saturated carbocycles. The van der Waals surface area contributed by atoms with Crippen LogP contribution in [0.25, 0.3) is 0 Å². The van der Waals surface area contributed by atoms with Gasteiger partial charge in [-0.05, 0) is 31.1 Å². The highest BCUT2D eigenvalue weighted by Gasteiger charge is 2.45. The maximum absolute atomic E-state index is 12.8. The zero-order valence-electron chi connectivity index (χ0n) is 13.3. The molecule has 0 aromatic rings. The molecule has 0 bridgehead atoms. The predicted molar refractivity (Wildman–Crippen MR) is 79.1 cm³/mol. The van der Waals surface area contributed by atoms with E-state index in [1.165, 1.54) is 0 Å². The highest BCUT2D eigenvalue weighted by Crippen LogP contribution is 2.39. The Kier molecular flexibility index (Phi) is 5.42. The fourth-order valence-electron chi connectivity index (χ4n) is 3.70. The van der Waals surface area contributed by atoms with E-state index in [2.05, 4.69) is 0 Å². The molecule has 1 aliphatic carbocycles. The Balaban J connectivity index is 2.25. The van der Waals surface area contributed by atoms with Crippen LogP contribution in [0, 0.1) is 23.7 Å². The molecule has 0 unspecified atom stereocenters. The van der Waals surface area contributed by atoms with E-state index in [4.69, 9.17) is 4.74 Å². The van der Waals surface area contributed by atoms with Gasteiger partial charge in [0.1, 0.15) is 6.61 Å². The second-order valence-corrected chi connectivity index (χ2v) is 6.75. The number of amides is 2. The monoisotopic (exact) mass is 311 g/mol. The lowest BCUT2D eigenvalue weighted by molar-refractivity contribution is -0.152. The molecule has 2 atom stereocenters. The van der Waals surface area contributed by atoms with Gasteiger partial charge in [0.25, 0.3) is 0 Å². The van der Waals surface area contributed by atoms with Crippen molar-refractivity contribution in [2.75, 3.05) is 13.2 Å².